The maximum atomic E-state index is 12.7. The number of nitro groups is 1. The predicted molar refractivity (Wildman–Crippen MR) is 125 cm³/mol. The third kappa shape index (κ3) is 5.76. The van der Waals surface area contributed by atoms with E-state index in [4.69, 9.17) is 4.74 Å². The number of rotatable bonds is 7. The molecular weight excluding hydrogens is 432 g/mol. The summed E-state index contributed by atoms with van der Waals surface area (Å²) in [5, 5.41) is 16.0. The molecule has 1 saturated carbocycles. The first-order chi connectivity index (χ1) is 15.0. The molecule has 0 bridgehead atoms. The first-order valence-electron chi connectivity index (χ1n) is 10.3. The van der Waals surface area contributed by atoms with Gasteiger partial charge in [-0.05, 0) is 67.0 Å². The molecule has 0 amide bonds. The molecule has 10 heteroatoms. The molecule has 0 spiro atoms. The maximum absolute atomic E-state index is 12.7. The molecule has 1 fully saturated rings. The van der Waals surface area contributed by atoms with Crippen LogP contribution < -0.4 is 14.9 Å². The van der Waals surface area contributed by atoms with Crippen molar-refractivity contribution >= 4 is 32.8 Å². The van der Waals surface area contributed by atoms with Gasteiger partial charge in [0.2, 0.25) is 0 Å². The molecule has 32 heavy (non-hydrogen) atoms. The van der Waals surface area contributed by atoms with Gasteiger partial charge in [0.05, 0.1) is 16.9 Å². The van der Waals surface area contributed by atoms with E-state index in [1.165, 1.54) is 19.2 Å². The van der Waals surface area contributed by atoms with Gasteiger partial charge in [0.25, 0.3) is 15.7 Å². The molecule has 2 aromatic carbocycles. The first kappa shape index (κ1) is 23.5. The van der Waals surface area contributed by atoms with Crippen LogP contribution in [0.4, 0.5) is 17.1 Å². The smallest absolute Gasteiger partial charge is 0.295 e. The average Bonchev–Trinajstić information content (AvgIpc) is 2.71. The van der Waals surface area contributed by atoms with Crippen LogP contribution in [0.1, 0.15) is 40.0 Å². The van der Waals surface area contributed by atoms with Crippen LogP contribution in [-0.4, -0.2) is 26.2 Å². The summed E-state index contributed by atoms with van der Waals surface area (Å²) in [5.41, 5.74) is 3.94. The molecule has 9 nitrogen and oxygen atoms in total. The number of nitrogens with one attached hydrogen (secondary N) is 2. The highest BCUT2D eigenvalue weighted by Gasteiger charge is 2.30. The van der Waals surface area contributed by atoms with Crippen LogP contribution in [0.2, 0.25) is 0 Å². The van der Waals surface area contributed by atoms with Crippen LogP contribution >= 0.6 is 0 Å². The van der Waals surface area contributed by atoms with E-state index in [2.05, 4.69) is 36.0 Å². The lowest BCUT2D eigenvalue weighted by molar-refractivity contribution is -0.384. The number of hydrazone groups is 1. The highest BCUT2D eigenvalue weighted by molar-refractivity contribution is 7.92. The van der Waals surface area contributed by atoms with E-state index >= 15 is 0 Å². The molecule has 2 N–H and O–H groups in total. The van der Waals surface area contributed by atoms with Crippen LogP contribution in [0, 0.1) is 21.4 Å². The van der Waals surface area contributed by atoms with Crippen molar-refractivity contribution in [2.24, 2.45) is 16.4 Å². The topological polar surface area (TPSA) is 123 Å². The lowest BCUT2D eigenvalue weighted by Crippen LogP contribution is -2.28. The van der Waals surface area contributed by atoms with E-state index in [1.807, 2.05) is 0 Å². The Morgan fingerprint density at radius 2 is 1.88 bits per heavy atom. The summed E-state index contributed by atoms with van der Waals surface area (Å²) in [6, 6.07) is 10.0. The molecule has 0 aromatic heterocycles. The zero-order valence-corrected chi connectivity index (χ0v) is 19.4. The van der Waals surface area contributed by atoms with Gasteiger partial charge in [0.15, 0.2) is 0 Å². The van der Waals surface area contributed by atoms with E-state index in [1.54, 1.807) is 24.3 Å². The minimum absolute atomic E-state index is 0.120. The SMILES string of the molecule is COc1ccc(NS(=O)(=O)c2ccc(NN=C3CC(C)CC(C)(C)C3)c([N+](=O)[O-])c2)cc1. The predicted octanol–water partition coefficient (Wildman–Crippen LogP) is 5.02. The average molecular weight is 461 g/mol. The Balaban J connectivity index is 1.83. The zero-order chi connectivity index (χ0) is 23.5. The van der Waals surface area contributed by atoms with Gasteiger partial charge in [-0.25, -0.2) is 8.42 Å². The Morgan fingerprint density at radius 1 is 1.19 bits per heavy atom. The lowest BCUT2D eigenvalue weighted by atomic mass is 9.72. The van der Waals surface area contributed by atoms with E-state index in [9.17, 15) is 18.5 Å². The minimum Gasteiger partial charge on any atom is -0.497 e. The fourth-order valence-corrected chi connectivity index (χ4v) is 5.21. The lowest BCUT2D eigenvalue weighted by Gasteiger charge is -2.34. The van der Waals surface area contributed by atoms with Crippen LogP contribution in [-0.2, 0) is 10.0 Å². The van der Waals surface area contributed by atoms with Crippen molar-refractivity contribution in [1.29, 1.82) is 0 Å². The summed E-state index contributed by atoms with van der Waals surface area (Å²) >= 11 is 0. The number of hydrogen-bond acceptors (Lipinski definition) is 7. The summed E-state index contributed by atoms with van der Waals surface area (Å²) in [6.07, 6.45) is 2.72. The summed E-state index contributed by atoms with van der Waals surface area (Å²) in [6.45, 7) is 6.51. The van der Waals surface area contributed by atoms with Crippen molar-refractivity contribution in [1.82, 2.24) is 0 Å². The molecule has 172 valence electrons. The van der Waals surface area contributed by atoms with Crippen molar-refractivity contribution < 1.29 is 18.1 Å². The largest absolute Gasteiger partial charge is 0.497 e. The van der Waals surface area contributed by atoms with Gasteiger partial charge in [0, 0.05) is 17.5 Å². The number of anilines is 2. The number of methoxy groups -OCH3 is 1. The highest BCUT2D eigenvalue weighted by atomic mass is 32.2. The van der Waals surface area contributed by atoms with E-state index in [0.29, 0.717) is 17.4 Å². The molecule has 0 heterocycles. The number of ether oxygens (including phenoxy) is 1. The van der Waals surface area contributed by atoms with Crippen molar-refractivity contribution in [2.75, 3.05) is 17.3 Å². The summed E-state index contributed by atoms with van der Waals surface area (Å²) in [5.74, 6) is 1.06. The minimum atomic E-state index is -4.02. The van der Waals surface area contributed by atoms with Crippen LogP contribution in [0.15, 0.2) is 52.5 Å². The van der Waals surface area contributed by atoms with E-state index < -0.39 is 14.9 Å². The molecule has 1 aliphatic carbocycles. The number of nitrogens with zero attached hydrogens (tertiary/aromatic N) is 2. The molecule has 0 saturated heterocycles. The van der Waals surface area contributed by atoms with Gasteiger partial charge in [-0.1, -0.05) is 20.8 Å². The van der Waals surface area contributed by atoms with E-state index in [-0.39, 0.29) is 21.7 Å². The first-order valence-corrected chi connectivity index (χ1v) is 11.7. The third-order valence-electron chi connectivity index (χ3n) is 5.32. The molecule has 0 radical (unpaired) electrons. The number of sulfonamides is 1. The molecule has 1 atom stereocenters. The van der Waals surface area contributed by atoms with Gasteiger partial charge >= 0.3 is 0 Å². The van der Waals surface area contributed by atoms with Crippen LogP contribution in [0.3, 0.4) is 0 Å². The molecule has 3 rings (SSSR count). The fourth-order valence-electron chi connectivity index (χ4n) is 4.14. The number of hydrogen-bond donors (Lipinski definition) is 2. The summed E-state index contributed by atoms with van der Waals surface area (Å²) in [4.78, 5) is 10.8. The zero-order valence-electron chi connectivity index (χ0n) is 18.6. The molecule has 1 unspecified atom stereocenters. The monoisotopic (exact) mass is 460 g/mol. The Morgan fingerprint density at radius 3 is 2.47 bits per heavy atom. The van der Waals surface area contributed by atoms with Gasteiger partial charge in [0.1, 0.15) is 11.4 Å². The van der Waals surface area contributed by atoms with E-state index in [0.717, 1.165) is 31.0 Å². The Labute approximate surface area is 188 Å². The van der Waals surface area contributed by atoms with Crippen molar-refractivity contribution in [2.45, 2.75) is 44.9 Å². The quantitative estimate of drug-likeness (QED) is 0.442. The van der Waals surface area contributed by atoms with Gasteiger partial charge in [-0.3, -0.25) is 20.3 Å². The second-order valence-corrected chi connectivity index (χ2v) is 10.6. The maximum Gasteiger partial charge on any atom is 0.295 e. The Hall–Kier alpha value is -3.14. The standard InChI is InChI=1S/C22H28N4O5S/c1-15-11-17(14-22(2,3)13-15)23-24-20-10-9-19(12-21(20)26(27)28)32(29,30)25-16-5-7-18(31-4)8-6-16/h5-10,12,15,24-25H,11,13-14H2,1-4H3. The van der Waals surface area contributed by atoms with Gasteiger partial charge in [-0.2, -0.15) is 5.10 Å². The van der Waals surface area contributed by atoms with Crippen molar-refractivity contribution in [3.8, 4) is 5.75 Å². The Kier molecular flexibility index (Phi) is 6.73. The molecular formula is C22H28N4O5S. The molecule has 1 aliphatic rings. The van der Waals surface area contributed by atoms with Crippen LogP contribution in [0.25, 0.3) is 0 Å². The number of nitro benzene ring substituents is 1. The summed E-state index contributed by atoms with van der Waals surface area (Å²) in [7, 11) is -2.51. The highest BCUT2D eigenvalue weighted by Crippen LogP contribution is 2.37. The number of benzene rings is 2. The second kappa shape index (κ2) is 9.15. The Bertz CT molecular complexity index is 1130. The normalized spacial score (nSPS) is 19.4. The van der Waals surface area contributed by atoms with Crippen LogP contribution in [0.5, 0.6) is 5.75 Å². The summed E-state index contributed by atoms with van der Waals surface area (Å²) < 4.78 is 33.0. The van der Waals surface area contributed by atoms with Crippen molar-refractivity contribution in [3.63, 3.8) is 0 Å². The van der Waals surface area contributed by atoms with Gasteiger partial charge in [-0.15, -0.1) is 0 Å². The second-order valence-electron chi connectivity index (χ2n) is 8.91. The molecule has 0 aliphatic heterocycles. The van der Waals surface area contributed by atoms with Gasteiger partial charge < -0.3 is 4.74 Å². The third-order valence-corrected chi connectivity index (χ3v) is 6.70. The van der Waals surface area contributed by atoms with Crippen molar-refractivity contribution in [3.05, 3.63) is 52.6 Å². The fraction of sp³-hybridized carbons (Fsp3) is 0.409. The molecule has 2 aromatic rings.